The van der Waals surface area contributed by atoms with Gasteiger partial charge in [-0.25, -0.2) is 4.79 Å². The number of carbonyl (C=O) groups excluding carboxylic acids is 2. The highest BCUT2D eigenvalue weighted by Gasteiger charge is 2.53. The predicted octanol–water partition coefficient (Wildman–Crippen LogP) is 1.22. The molecule has 3 rings (SSSR count). The Kier molecular flexibility index (Phi) is 2.81. The minimum Gasteiger partial charge on any atom is -0.464 e. The van der Waals surface area contributed by atoms with Gasteiger partial charge in [0.15, 0.2) is 0 Å². The van der Waals surface area contributed by atoms with Crippen LogP contribution in [0.15, 0.2) is 24.3 Å². The lowest BCUT2D eigenvalue weighted by Crippen LogP contribution is -2.45. The first-order valence-electron chi connectivity index (χ1n) is 6.67. The molecule has 1 amide bonds. The highest BCUT2D eigenvalue weighted by Crippen LogP contribution is 2.45. The molecule has 0 aromatic heterocycles. The van der Waals surface area contributed by atoms with Gasteiger partial charge in [-0.3, -0.25) is 4.79 Å². The molecule has 100 valence electrons. The summed E-state index contributed by atoms with van der Waals surface area (Å²) in [6, 6.07) is 7.65. The van der Waals surface area contributed by atoms with Gasteiger partial charge in [0.1, 0.15) is 6.04 Å². The molecule has 1 spiro atoms. The zero-order valence-electron chi connectivity index (χ0n) is 10.9. The lowest BCUT2D eigenvalue weighted by molar-refractivity contribution is -0.148. The standard InChI is InChI=1S/C15H17NO3/c1-2-19-14(18)13-15(9-12(17)16-13)7-10-5-3-4-6-11(10)8-15/h3-6,13H,2,7-9H2,1H3,(H,16,17). The normalized spacial score (nSPS) is 23.2. The van der Waals surface area contributed by atoms with Gasteiger partial charge in [0, 0.05) is 11.8 Å². The van der Waals surface area contributed by atoms with Gasteiger partial charge >= 0.3 is 5.97 Å². The Labute approximate surface area is 112 Å². The van der Waals surface area contributed by atoms with Crippen LogP contribution in [-0.4, -0.2) is 24.5 Å². The second-order valence-corrected chi connectivity index (χ2v) is 5.41. The SMILES string of the molecule is CCOC(=O)C1NC(=O)CC12Cc1ccccc1C2. The van der Waals surface area contributed by atoms with Crippen LogP contribution in [0.4, 0.5) is 0 Å². The van der Waals surface area contributed by atoms with Gasteiger partial charge in [-0.1, -0.05) is 24.3 Å². The fourth-order valence-corrected chi connectivity index (χ4v) is 3.37. The zero-order valence-corrected chi connectivity index (χ0v) is 10.9. The molecule has 1 saturated heterocycles. The van der Waals surface area contributed by atoms with Crippen LogP contribution in [0, 0.1) is 5.41 Å². The van der Waals surface area contributed by atoms with Crippen LogP contribution < -0.4 is 5.32 Å². The molecule has 1 fully saturated rings. The van der Waals surface area contributed by atoms with Gasteiger partial charge in [-0.2, -0.15) is 0 Å². The maximum Gasteiger partial charge on any atom is 0.329 e. The molecule has 1 atom stereocenters. The lowest BCUT2D eigenvalue weighted by atomic mass is 9.77. The van der Waals surface area contributed by atoms with Crippen molar-refractivity contribution in [2.75, 3.05) is 6.61 Å². The molecule has 1 aliphatic carbocycles. The van der Waals surface area contributed by atoms with E-state index in [1.807, 2.05) is 12.1 Å². The maximum atomic E-state index is 12.1. The zero-order chi connectivity index (χ0) is 13.5. The maximum absolute atomic E-state index is 12.1. The van der Waals surface area contributed by atoms with E-state index in [2.05, 4.69) is 17.4 Å². The van der Waals surface area contributed by atoms with Gasteiger partial charge in [-0.15, -0.1) is 0 Å². The van der Waals surface area contributed by atoms with Gasteiger partial charge in [0.05, 0.1) is 6.61 Å². The number of nitrogens with one attached hydrogen (secondary N) is 1. The van der Waals surface area contributed by atoms with Crippen molar-refractivity contribution in [3.63, 3.8) is 0 Å². The predicted molar refractivity (Wildman–Crippen MR) is 69.5 cm³/mol. The van der Waals surface area contributed by atoms with Crippen LogP contribution in [0.1, 0.15) is 24.5 Å². The van der Waals surface area contributed by atoms with E-state index in [1.54, 1.807) is 6.92 Å². The van der Waals surface area contributed by atoms with Crippen LogP contribution in [0.2, 0.25) is 0 Å². The summed E-state index contributed by atoms with van der Waals surface area (Å²) in [5, 5.41) is 2.79. The third-order valence-corrected chi connectivity index (χ3v) is 4.16. The Morgan fingerprint density at radius 2 is 1.95 bits per heavy atom. The highest BCUT2D eigenvalue weighted by atomic mass is 16.5. The average Bonchev–Trinajstić information content (AvgIpc) is 2.89. The molecule has 1 heterocycles. The second kappa shape index (κ2) is 4.37. The topological polar surface area (TPSA) is 55.4 Å². The van der Waals surface area contributed by atoms with E-state index in [9.17, 15) is 9.59 Å². The first-order chi connectivity index (χ1) is 9.14. The third-order valence-electron chi connectivity index (χ3n) is 4.16. The number of amides is 1. The molecule has 4 nitrogen and oxygen atoms in total. The average molecular weight is 259 g/mol. The van der Waals surface area contributed by atoms with E-state index in [-0.39, 0.29) is 17.3 Å². The van der Waals surface area contributed by atoms with Gasteiger partial charge < -0.3 is 10.1 Å². The van der Waals surface area contributed by atoms with E-state index in [4.69, 9.17) is 4.74 Å². The van der Waals surface area contributed by atoms with Crippen molar-refractivity contribution in [2.24, 2.45) is 5.41 Å². The van der Waals surface area contributed by atoms with Crippen molar-refractivity contribution in [1.82, 2.24) is 5.32 Å². The molecular formula is C15H17NO3. The fraction of sp³-hybridized carbons (Fsp3) is 0.467. The molecule has 1 unspecified atom stereocenters. The molecule has 4 heteroatoms. The van der Waals surface area contributed by atoms with Gasteiger partial charge in [0.2, 0.25) is 5.91 Å². The highest BCUT2D eigenvalue weighted by molar-refractivity contribution is 5.90. The first kappa shape index (κ1) is 12.2. The first-order valence-corrected chi connectivity index (χ1v) is 6.67. The second-order valence-electron chi connectivity index (χ2n) is 5.41. The number of hydrogen-bond acceptors (Lipinski definition) is 3. The Hall–Kier alpha value is -1.84. The molecule has 1 N–H and O–H groups in total. The summed E-state index contributed by atoms with van der Waals surface area (Å²) in [6.45, 7) is 2.12. The summed E-state index contributed by atoms with van der Waals surface area (Å²) in [5.74, 6) is -0.355. The molecule has 0 radical (unpaired) electrons. The van der Waals surface area contributed by atoms with E-state index in [0.29, 0.717) is 13.0 Å². The smallest absolute Gasteiger partial charge is 0.329 e. The number of carbonyl (C=O) groups is 2. The summed E-state index contributed by atoms with van der Waals surface area (Å²) in [5.41, 5.74) is 2.16. The number of benzene rings is 1. The number of esters is 1. The van der Waals surface area contributed by atoms with Crippen molar-refractivity contribution in [3.8, 4) is 0 Å². The third kappa shape index (κ3) is 1.91. The van der Waals surface area contributed by atoms with Crippen LogP contribution in [0.5, 0.6) is 0 Å². The molecule has 2 aliphatic rings. The Morgan fingerprint density at radius 1 is 1.32 bits per heavy atom. The van der Waals surface area contributed by atoms with Crippen molar-refractivity contribution in [3.05, 3.63) is 35.4 Å². The molecular weight excluding hydrogens is 242 g/mol. The quantitative estimate of drug-likeness (QED) is 0.813. The Bertz CT molecular complexity index is 513. The fourth-order valence-electron chi connectivity index (χ4n) is 3.37. The van der Waals surface area contributed by atoms with Crippen LogP contribution in [0.25, 0.3) is 0 Å². The van der Waals surface area contributed by atoms with E-state index < -0.39 is 6.04 Å². The largest absolute Gasteiger partial charge is 0.464 e. The molecule has 0 bridgehead atoms. The molecule has 0 saturated carbocycles. The van der Waals surface area contributed by atoms with Crippen LogP contribution in [0.3, 0.4) is 0 Å². The molecule has 1 aliphatic heterocycles. The Balaban J connectivity index is 1.91. The number of ether oxygens (including phenoxy) is 1. The number of fused-ring (bicyclic) bond motifs is 1. The lowest BCUT2D eigenvalue weighted by Gasteiger charge is -2.27. The van der Waals surface area contributed by atoms with Crippen molar-refractivity contribution >= 4 is 11.9 Å². The monoisotopic (exact) mass is 259 g/mol. The molecule has 1 aromatic carbocycles. The minimum absolute atomic E-state index is 0.0501. The van der Waals surface area contributed by atoms with E-state index >= 15 is 0 Å². The van der Waals surface area contributed by atoms with Crippen molar-refractivity contribution < 1.29 is 14.3 Å². The van der Waals surface area contributed by atoms with Crippen molar-refractivity contribution in [2.45, 2.75) is 32.2 Å². The number of hydrogen-bond donors (Lipinski definition) is 1. The molecule has 1 aromatic rings. The van der Waals surface area contributed by atoms with Crippen LogP contribution in [-0.2, 0) is 27.2 Å². The molecule has 19 heavy (non-hydrogen) atoms. The van der Waals surface area contributed by atoms with E-state index in [0.717, 1.165) is 12.8 Å². The Morgan fingerprint density at radius 3 is 2.53 bits per heavy atom. The summed E-state index contributed by atoms with van der Waals surface area (Å²) < 4.78 is 5.11. The summed E-state index contributed by atoms with van der Waals surface area (Å²) in [6.07, 6.45) is 1.95. The summed E-state index contributed by atoms with van der Waals surface area (Å²) >= 11 is 0. The van der Waals surface area contributed by atoms with Gasteiger partial charge in [-0.05, 0) is 30.9 Å². The van der Waals surface area contributed by atoms with Gasteiger partial charge in [0.25, 0.3) is 0 Å². The van der Waals surface area contributed by atoms with E-state index in [1.165, 1.54) is 11.1 Å². The van der Waals surface area contributed by atoms with Crippen LogP contribution >= 0.6 is 0 Å². The van der Waals surface area contributed by atoms with Crippen molar-refractivity contribution in [1.29, 1.82) is 0 Å². The minimum atomic E-state index is -0.507. The summed E-state index contributed by atoms with van der Waals surface area (Å²) in [7, 11) is 0. The summed E-state index contributed by atoms with van der Waals surface area (Å²) in [4.78, 5) is 23.8. The number of rotatable bonds is 2.